The van der Waals surface area contributed by atoms with Crippen LogP contribution in [0.5, 0.6) is 0 Å². The Labute approximate surface area is 262 Å². The summed E-state index contributed by atoms with van der Waals surface area (Å²) in [6.45, 7) is 5.26. The van der Waals surface area contributed by atoms with Crippen molar-refractivity contribution < 1.29 is 18.0 Å². The van der Waals surface area contributed by atoms with Crippen LogP contribution in [-0.2, 0) is 32.6 Å². The zero-order valence-electron chi connectivity index (χ0n) is 24.5. The van der Waals surface area contributed by atoms with Gasteiger partial charge in [0.2, 0.25) is 11.8 Å². The number of hydrogen-bond donors (Lipinski definition) is 1. The third kappa shape index (κ3) is 8.78. The molecule has 0 fully saturated rings. The van der Waals surface area contributed by atoms with E-state index in [1.54, 1.807) is 42.5 Å². The number of hydrogen-bond acceptors (Lipinski definition) is 4. The molecule has 0 aliphatic heterocycles. The standard InChI is InChI=1S/C34H36BrN3O4S/c1-34(2,3)36-33(40)31(22-26-14-7-4-8-15-26)37(24-27-16-9-5-10-17-27)32(39)25-38(29-19-13-18-28(35)23-29)43(41,42)30-20-11-6-12-21-30/h4-21,23,31H,22,24-25H2,1-3H3,(H,36,40)/t31-/m0/s1. The van der Waals surface area contributed by atoms with E-state index in [1.165, 1.54) is 17.0 Å². The van der Waals surface area contributed by atoms with Gasteiger partial charge in [0.15, 0.2) is 0 Å². The molecular weight excluding hydrogens is 626 g/mol. The van der Waals surface area contributed by atoms with E-state index in [-0.39, 0.29) is 23.8 Å². The quantitative estimate of drug-likeness (QED) is 0.207. The minimum absolute atomic E-state index is 0.0590. The number of sulfonamides is 1. The van der Waals surface area contributed by atoms with Crippen molar-refractivity contribution in [2.45, 2.75) is 50.2 Å². The zero-order valence-corrected chi connectivity index (χ0v) is 26.9. The highest BCUT2D eigenvalue weighted by molar-refractivity contribution is 9.10. The van der Waals surface area contributed by atoms with Gasteiger partial charge >= 0.3 is 0 Å². The largest absolute Gasteiger partial charge is 0.350 e. The van der Waals surface area contributed by atoms with Gasteiger partial charge in [-0.2, -0.15) is 0 Å². The maximum Gasteiger partial charge on any atom is 0.264 e. The maximum atomic E-state index is 14.4. The van der Waals surface area contributed by atoms with Crippen molar-refractivity contribution in [3.05, 3.63) is 131 Å². The minimum Gasteiger partial charge on any atom is -0.350 e. The van der Waals surface area contributed by atoms with Crippen LogP contribution >= 0.6 is 15.9 Å². The Morgan fingerprint density at radius 1 is 0.791 bits per heavy atom. The summed E-state index contributed by atoms with van der Waals surface area (Å²) in [6, 6.07) is 32.8. The van der Waals surface area contributed by atoms with E-state index < -0.39 is 34.1 Å². The van der Waals surface area contributed by atoms with Crippen molar-refractivity contribution in [3.63, 3.8) is 0 Å². The Morgan fingerprint density at radius 3 is 1.91 bits per heavy atom. The molecule has 0 aromatic heterocycles. The van der Waals surface area contributed by atoms with Crippen molar-refractivity contribution in [2.75, 3.05) is 10.8 Å². The Balaban J connectivity index is 1.80. The van der Waals surface area contributed by atoms with E-state index in [4.69, 9.17) is 0 Å². The minimum atomic E-state index is -4.14. The molecule has 9 heteroatoms. The van der Waals surface area contributed by atoms with Crippen molar-refractivity contribution in [3.8, 4) is 0 Å². The van der Waals surface area contributed by atoms with Crippen molar-refractivity contribution in [1.29, 1.82) is 0 Å². The normalized spacial score (nSPS) is 12.3. The molecule has 4 aromatic carbocycles. The molecule has 0 spiro atoms. The van der Waals surface area contributed by atoms with E-state index in [9.17, 15) is 18.0 Å². The first kappa shape index (κ1) is 32.0. The van der Waals surface area contributed by atoms with Crippen LogP contribution in [0.1, 0.15) is 31.9 Å². The van der Waals surface area contributed by atoms with Gasteiger partial charge in [-0.25, -0.2) is 8.42 Å². The molecule has 43 heavy (non-hydrogen) atoms. The number of nitrogens with one attached hydrogen (secondary N) is 1. The van der Waals surface area contributed by atoms with Gasteiger partial charge in [-0.1, -0.05) is 101 Å². The number of amides is 2. The van der Waals surface area contributed by atoms with Crippen LogP contribution in [0.15, 0.2) is 125 Å². The second-order valence-electron chi connectivity index (χ2n) is 11.3. The second kappa shape index (κ2) is 14.0. The number of halogens is 1. The number of rotatable bonds is 11. The smallest absolute Gasteiger partial charge is 0.264 e. The summed E-state index contributed by atoms with van der Waals surface area (Å²) in [5.74, 6) is -0.825. The van der Waals surface area contributed by atoms with Crippen LogP contribution in [0.4, 0.5) is 5.69 Å². The van der Waals surface area contributed by atoms with Gasteiger partial charge in [-0.3, -0.25) is 13.9 Å². The molecule has 0 heterocycles. The fourth-order valence-electron chi connectivity index (χ4n) is 4.67. The average Bonchev–Trinajstić information content (AvgIpc) is 2.98. The maximum absolute atomic E-state index is 14.4. The van der Waals surface area contributed by atoms with E-state index >= 15 is 0 Å². The molecule has 0 bridgehead atoms. The number of benzene rings is 4. The highest BCUT2D eigenvalue weighted by Gasteiger charge is 2.35. The molecule has 4 rings (SSSR count). The number of anilines is 1. The molecule has 1 atom stereocenters. The van der Waals surface area contributed by atoms with E-state index in [0.29, 0.717) is 10.2 Å². The summed E-state index contributed by atoms with van der Waals surface area (Å²) in [5.41, 5.74) is 1.47. The molecule has 0 unspecified atom stereocenters. The van der Waals surface area contributed by atoms with Crippen molar-refractivity contribution >= 4 is 43.5 Å². The molecular formula is C34H36BrN3O4S. The van der Waals surface area contributed by atoms with Gasteiger partial charge in [0.05, 0.1) is 10.6 Å². The van der Waals surface area contributed by atoms with Crippen LogP contribution in [0.3, 0.4) is 0 Å². The lowest BCUT2D eigenvalue weighted by Gasteiger charge is -2.35. The van der Waals surface area contributed by atoms with Gasteiger partial charge < -0.3 is 10.2 Å². The van der Waals surface area contributed by atoms with E-state index in [0.717, 1.165) is 15.4 Å². The Bertz CT molecular complexity index is 1630. The van der Waals surface area contributed by atoms with Crippen LogP contribution in [0.25, 0.3) is 0 Å². The first-order valence-corrected chi connectivity index (χ1v) is 16.2. The van der Waals surface area contributed by atoms with E-state index in [1.807, 2.05) is 81.4 Å². The summed E-state index contributed by atoms with van der Waals surface area (Å²) >= 11 is 3.43. The lowest BCUT2D eigenvalue weighted by molar-refractivity contribution is -0.140. The summed E-state index contributed by atoms with van der Waals surface area (Å²) in [6.07, 6.45) is 0.254. The third-order valence-electron chi connectivity index (χ3n) is 6.67. The first-order valence-electron chi connectivity index (χ1n) is 14.0. The molecule has 4 aromatic rings. The summed E-state index contributed by atoms with van der Waals surface area (Å²) < 4.78 is 29.8. The molecule has 7 nitrogen and oxygen atoms in total. The predicted octanol–water partition coefficient (Wildman–Crippen LogP) is 6.20. The Hall–Kier alpha value is -3.95. The van der Waals surface area contributed by atoms with Crippen LogP contribution < -0.4 is 9.62 Å². The average molecular weight is 663 g/mol. The zero-order chi connectivity index (χ0) is 31.0. The second-order valence-corrected chi connectivity index (χ2v) is 14.0. The van der Waals surface area contributed by atoms with Crippen LogP contribution in [0.2, 0.25) is 0 Å². The van der Waals surface area contributed by atoms with Crippen molar-refractivity contribution in [2.24, 2.45) is 0 Å². The topological polar surface area (TPSA) is 86.8 Å². The van der Waals surface area contributed by atoms with Gasteiger partial charge in [0.25, 0.3) is 10.0 Å². The Kier molecular flexibility index (Phi) is 10.4. The Morgan fingerprint density at radius 2 is 1.35 bits per heavy atom. The van der Waals surface area contributed by atoms with Gasteiger partial charge in [0, 0.05) is 23.0 Å². The summed E-state index contributed by atoms with van der Waals surface area (Å²) in [5, 5.41) is 3.04. The lowest BCUT2D eigenvalue weighted by atomic mass is 10.0. The molecule has 0 radical (unpaired) electrons. The molecule has 224 valence electrons. The van der Waals surface area contributed by atoms with Gasteiger partial charge in [-0.05, 0) is 62.2 Å². The third-order valence-corrected chi connectivity index (χ3v) is 8.95. The fraction of sp³-hybridized carbons (Fsp3) is 0.235. The van der Waals surface area contributed by atoms with E-state index in [2.05, 4.69) is 21.2 Å². The lowest BCUT2D eigenvalue weighted by Crippen LogP contribution is -2.56. The molecule has 0 saturated heterocycles. The molecule has 2 amide bonds. The summed E-state index contributed by atoms with van der Waals surface area (Å²) in [4.78, 5) is 29.9. The highest BCUT2D eigenvalue weighted by atomic mass is 79.9. The number of nitrogens with zero attached hydrogens (tertiary/aromatic N) is 2. The van der Waals surface area contributed by atoms with Gasteiger partial charge in [0.1, 0.15) is 12.6 Å². The molecule has 0 aliphatic rings. The number of carbonyl (C=O) groups is 2. The molecule has 1 N–H and O–H groups in total. The first-order chi connectivity index (χ1) is 20.4. The SMILES string of the molecule is CC(C)(C)NC(=O)[C@H](Cc1ccccc1)N(Cc1ccccc1)C(=O)CN(c1cccc(Br)c1)S(=O)(=O)c1ccccc1. The predicted molar refractivity (Wildman–Crippen MR) is 174 cm³/mol. The number of carbonyl (C=O) groups excluding carboxylic acids is 2. The monoisotopic (exact) mass is 661 g/mol. The molecule has 0 saturated carbocycles. The summed E-state index contributed by atoms with van der Waals surface area (Å²) in [7, 11) is -4.14. The van der Waals surface area contributed by atoms with Crippen LogP contribution in [0, 0.1) is 0 Å². The van der Waals surface area contributed by atoms with Crippen LogP contribution in [-0.4, -0.2) is 43.3 Å². The highest BCUT2D eigenvalue weighted by Crippen LogP contribution is 2.27. The molecule has 0 aliphatic carbocycles. The fourth-order valence-corrected chi connectivity index (χ4v) is 6.48. The van der Waals surface area contributed by atoms with Gasteiger partial charge in [-0.15, -0.1) is 0 Å². The van der Waals surface area contributed by atoms with Crippen molar-refractivity contribution in [1.82, 2.24) is 10.2 Å².